The van der Waals surface area contributed by atoms with Crippen molar-refractivity contribution in [3.63, 3.8) is 0 Å². The number of aromatic nitrogens is 3. The molecular weight excluding hydrogens is 272 g/mol. The van der Waals surface area contributed by atoms with Gasteiger partial charge in [-0.25, -0.2) is 9.50 Å². The van der Waals surface area contributed by atoms with E-state index in [1.807, 2.05) is 42.8 Å². The zero-order chi connectivity index (χ0) is 13.9. The number of rotatable bonds is 5. The van der Waals surface area contributed by atoms with Crippen molar-refractivity contribution in [3.8, 4) is 10.6 Å². The lowest BCUT2D eigenvalue weighted by atomic mass is 10.2. The molecule has 0 aliphatic carbocycles. The first-order valence-electron chi connectivity index (χ1n) is 6.58. The predicted octanol–water partition coefficient (Wildman–Crippen LogP) is 2.64. The van der Waals surface area contributed by atoms with Gasteiger partial charge in [-0.15, -0.1) is 11.3 Å². The van der Waals surface area contributed by atoms with E-state index in [1.165, 1.54) is 0 Å². The van der Waals surface area contributed by atoms with Crippen molar-refractivity contribution in [3.05, 3.63) is 35.8 Å². The molecule has 0 saturated carbocycles. The normalized spacial score (nSPS) is 12.7. The second-order valence-corrected chi connectivity index (χ2v) is 5.50. The van der Waals surface area contributed by atoms with Crippen molar-refractivity contribution in [2.75, 3.05) is 11.9 Å². The van der Waals surface area contributed by atoms with Crippen LogP contribution in [0.3, 0.4) is 0 Å². The van der Waals surface area contributed by atoms with Gasteiger partial charge in [-0.05, 0) is 23.9 Å². The van der Waals surface area contributed by atoms with E-state index in [2.05, 4.69) is 15.4 Å². The van der Waals surface area contributed by atoms with Gasteiger partial charge in [-0.3, -0.25) is 0 Å². The van der Waals surface area contributed by atoms with E-state index in [9.17, 15) is 5.11 Å². The number of nitrogens with zero attached hydrogens (tertiary/aromatic N) is 3. The molecule has 2 N–H and O–H groups in total. The molecule has 0 aromatic carbocycles. The third-order valence-electron chi connectivity index (χ3n) is 3.16. The Kier molecular flexibility index (Phi) is 3.66. The molecule has 0 radical (unpaired) electrons. The van der Waals surface area contributed by atoms with Gasteiger partial charge in [0.15, 0.2) is 5.65 Å². The van der Waals surface area contributed by atoms with Crippen LogP contribution in [0.25, 0.3) is 16.2 Å². The van der Waals surface area contributed by atoms with Gasteiger partial charge < -0.3 is 10.4 Å². The van der Waals surface area contributed by atoms with Gasteiger partial charge in [0, 0.05) is 12.3 Å². The maximum Gasteiger partial charge on any atom is 0.157 e. The Hall–Kier alpha value is -1.92. The third kappa shape index (κ3) is 2.52. The Morgan fingerprint density at radius 3 is 3.05 bits per heavy atom. The SMILES string of the molecule is CCC(CO)Nc1ccn2nc(-c3cccs3)cc2n1. The summed E-state index contributed by atoms with van der Waals surface area (Å²) in [4.78, 5) is 5.66. The van der Waals surface area contributed by atoms with Crippen LogP contribution in [-0.4, -0.2) is 32.4 Å². The smallest absolute Gasteiger partial charge is 0.157 e. The van der Waals surface area contributed by atoms with Crippen molar-refractivity contribution in [2.45, 2.75) is 19.4 Å². The summed E-state index contributed by atoms with van der Waals surface area (Å²) in [6, 6.07) is 7.93. The van der Waals surface area contributed by atoms with Crippen LogP contribution in [0.5, 0.6) is 0 Å². The van der Waals surface area contributed by atoms with Crippen molar-refractivity contribution < 1.29 is 5.11 Å². The monoisotopic (exact) mass is 288 g/mol. The summed E-state index contributed by atoms with van der Waals surface area (Å²) in [6.07, 6.45) is 2.73. The number of hydrogen-bond acceptors (Lipinski definition) is 5. The molecule has 3 rings (SSSR count). The number of nitrogens with one attached hydrogen (secondary N) is 1. The Labute approximate surface area is 120 Å². The average Bonchev–Trinajstić information content (AvgIpc) is 3.12. The lowest BCUT2D eigenvalue weighted by molar-refractivity contribution is 0.271. The number of hydrogen-bond donors (Lipinski definition) is 2. The van der Waals surface area contributed by atoms with Gasteiger partial charge in [-0.1, -0.05) is 13.0 Å². The largest absolute Gasteiger partial charge is 0.394 e. The summed E-state index contributed by atoms with van der Waals surface area (Å²) in [5, 5.41) is 19.0. The minimum Gasteiger partial charge on any atom is -0.394 e. The molecule has 0 aliphatic heterocycles. The highest BCUT2D eigenvalue weighted by molar-refractivity contribution is 7.13. The van der Waals surface area contributed by atoms with Gasteiger partial charge in [-0.2, -0.15) is 5.10 Å². The van der Waals surface area contributed by atoms with E-state index in [-0.39, 0.29) is 12.6 Å². The van der Waals surface area contributed by atoms with E-state index in [4.69, 9.17) is 0 Å². The first-order valence-corrected chi connectivity index (χ1v) is 7.46. The second-order valence-electron chi connectivity index (χ2n) is 4.55. The van der Waals surface area contributed by atoms with E-state index in [0.29, 0.717) is 0 Å². The van der Waals surface area contributed by atoms with Crippen molar-refractivity contribution in [1.82, 2.24) is 14.6 Å². The Balaban J connectivity index is 1.91. The molecular formula is C14H16N4OS. The molecule has 1 atom stereocenters. The summed E-state index contributed by atoms with van der Waals surface area (Å²) in [6.45, 7) is 2.13. The third-order valence-corrected chi connectivity index (χ3v) is 4.06. The molecule has 104 valence electrons. The van der Waals surface area contributed by atoms with Crippen LogP contribution in [-0.2, 0) is 0 Å². The zero-order valence-corrected chi connectivity index (χ0v) is 12.0. The first-order chi connectivity index (χ1) is 9.80. The highest BCUT2D eigenvalue weighted by Crippen LogP contribution is 2.24. The first kappa shape index (κ1) is 13.1. The number of aliphatic hydroxyl groups excluding tert-OH is 1. The average molecular weight is 288 g/mol. The second kappa shape index (κ2) is 5.60. The summed E-state index contributed by atoms with van der Waals surface area (Å²) in [7, 11) is 0. The Morgan fingerprint density at radius 2 is 2.35 bits per heavy atom. The molecule has 0 saturated heterocycles. The van der Waals surface area contributed by atoms with Crippen molar-refractivity contribution >= 4 is 22.8 Å². The zero-order valence-electron chi connectivity index (χ0n) is 11.2. The maximum absolute atomic E-state index is 9.22. The molecule has 3 heterocycles. The van der Waals surface area contributed by atoms with Crippen LogP contribution in [0, 0.1) is 0 Å². The van der Waals surface area contributed by atoms with Gasteiger partial charge in [0.2, 0.25) is 0 Å². The maximum atomic E-state index is 9.22. The van der Waals surface area contributed by atoms with E-state index < -0.39 is 0 Å². The number of fused-ring (bicyclic) bond motifs is 1. The molecule has 0 bridgehead atoms. The Bertz CT molecular complexity index is 688. The molecule has 5 nitrogen and oxygen atoms in total. The predicted molar refractivity (Wildman–Crippen MR) is 81.1 cm³/mol. The van der Waals surface area contributed by atoms with Crippen molar-refractivity contribution in [2.24, 2.45) is 0 Å². The van der Waals surface area contributed by atoms with E-state index in [0.717, 1.165) is 28.5 Å². The minimum atomic E-state index is 0.0321. The fourth-order valence-corrected chi connectivity index (χ4v) is 2.67. The van der Waals surface area contributed by atoms with Crippen LogP contribution in [0.1, 0.15) is 13.3 Å². The van der Waals surface area contributed by atoms with Gasteiger partial charge in [0.1, 0.15) is 11.5 Å². The van der Waals surface area contributed by atoms with Crippen LogP contribution >= 0.6 is 11.3 Å². The van der Waals surface area contributed by atoms with E-state index in [1.54, 1.807) is 15.9 Å². The molecule has 0 amide bonds. The molecule has 20 heavy (non-hydrogen) atoms. The highest BCUT2D eigenvalue weighted by Gasteiger charge is 2.09. The molecule has 3 aromatic heterocycles. The number of aliphatic hydroxyl groups is 1. The highest BCUT2D eigenvalue weighted by atomic mass is 32.1. The van der Waals surface area contributed by atoms with Gasteiger partial charge in [0.05, 0.1) is 17.5 Å². The molecule has 0 aliphatic rings. The number of thiophene rings is 1. The molecule has 0 spiro atoms. The quantitative estimate of drug-likeness (QED) is 0.757. The minimum absolute atomic E-state index is 0.0321. The summed E-state index contributed by atoms with van der Waals surface area (Å²) < 4.78 is 1.76. The summed E-state index contributed by atoms with van der Waals surface area (Å²) in [5.74, 6) is 0.760. The van der Waals surface area contributed by atoms with Crippen LogP contribution in [0.4, 0.5) is 5.82 Å². The molecule has 6 heteroatoms. The summed E-state index contributed by atoms with van der Waals surface area (Å²) >= 11 is 1.66. The topological polar surface area (TPSA) is 62.5 Å². The molecule has 0 fully saturated rings. The number of anilines is 1. The van der Waals surface area contributed by atoms with Crippen molar-refractivity contribution in [1.29, 1.82) is 0 Å². The van der Waals surface area contributed by atoms with E-state index >= 15 is 0 Å². The summed E-state index contributed by atoms with van der Waals surface area (Å²) in [5.41, 5.74) is 1.73. The molecule has 3 aromatic rings. The van der Waals surface area contributed by atoms with Crippen LogP contribution < -0.4 is 5.32 Å². The fourth-order valence-electron chi connectivity index (χ4n) is 1.99. The van der Waals surface area contributed by atoms with Gasteiger partial charge >= 0.3 is 0 Å². The Morgan fingerprint density at radius 1 is 1.45 bits per heavy atom. The molecule has 1 unspecified atom stereocenters. The lowest BCUT2D eigenvalue weighted by Gasteiger charge is -2.14. The standard InChI is InChI=1S/C14H16N4OS/c1-2-10(9-19)15-13-5-6-18-14(16-13)8-11(17-18)12-4-3-7-20-12/h3-8,10,19H,2,9H2,1H3,(H,15,16). The van der Waals surface area contributed by atoms with Gasteiger partial charge in [0.25, 0.3) is 0 Å². The fraction of sp³-hybridized carbons (Fsp3) is 0.286. The van der Waals surface area contributed by atoms with Crippen LogP contribution in [0.15, 0.2) is 35.8 Å². The van der Waals surface area contributed by atoms with Crippen LogP contribution in [0.2, 0.25) is 0 Å². The lowest BCUT2D eigenvalue weighted by Crippen LogP contribution is -2.23.